The molecule has 0 aromatic heterocycles. The number of benzene rings is 1. The zero-order valence-electron chi connectivity index (χ0n) is 16.4. The summed E-state index contributed by atoms with van der Waals surface area (Å²) in [4.78, 5) is 53.0. The van der Waals surface area contributed by atoms with Gasteiger partial charge in [0, 0.05) is 12.2 Å². The van der Waals surface area contributed by atoms with Gasteiger partial charge in [-0.2, -0.15) is 0 Å². The second-order valence-corrected chi connectivity index (χ2v) is 7.76. The van der Waals surface area contributed by atoms with Crippen molar-refractivity contribution in [1.29, 1.82) is 0 Å². The maximum Gasteiger partial charge on any atom is 0.329 e. The summed E-state index contributed by atoms with van der Waals surface area (Å²) >= 11 is 0. The number of esters is 1. The fraction of sp³-hybridized carbons (Fsp3) is 0.455. The van der Waals surface area contributed by atoms with Crippen LogP contribution in [0.3, 0.4) is 0 Å². The number of carbonyl (C=O) groups excluding carboxylic acids is 4. The highest BCUT2D eigenvalue weighted by molar-refractivity contribution is 6.08. The van der Waals surface area contributed by atoms with Crippen molar-refractivity contribution >= 4 is 29.4 Å². The Morgan fingerprint density at radius 2 is 1.76 bits per heavy atom. The van der Waals surface area contributed by atoms with E-state index in [-0.39, 0.29) is 17.7 Å². The van der Waals surface area contributed by atoms with E-state index in [0.717, 1.165) is 29.0 Å². The molecular weight excluding hydrogens is 372 g/mol. The van der Waals surface area contributed by atoms with Gasteiger partial charge < -0.3 is 9.64 Å². The Kier molecular flexibility index (Phi) is 5.22. The van der Waals surface area contributed by atoms with Crippen LogP contribution in [0.1, 0.15) is 31.7 Å². The number of imide groups is 1. The monoisotopic (exact) mass is 396 g/mol. The van der Waals surface area contributed by atoms with Crippen LogP contribution in [0.5, 0.6) is 0 Å². The maximum atomic E-state index is 12.6. The number of allylic oxidation sites excluding steroid dienone is 2. The second-order valence-electron chi connectivity index (χ2n) is 7.76. The summed E-state index contributed by atoms with van der Waals surface area (Å²) < 4.78 is 5.20. The fourth-order valence-corrected chi connectivity index (χ4v) is 4.44. The molecule has 0 saturated carbocycles. The van der Waals surface area contributed by atoms with Gasteiger partial charge in [0.15, 0.2) is 6.61 Å². The molecule has 0 bridgehead atoms. The molecule has 0 radical (unpaired) electrons. The van der Waals surface area contributed by atoms with Crippen molar-refractivity contribution in [2.24, 2.45) is 11.8 Å². The maximum absolute atomic E-state index is 12.6. The minimum absolute atomic E-state index is 0.311. The Bertz CT molecular complexity index is 867. The number of para-hydroxylation sites is 1. The van der Waals surface area contributed by atoms with Crippen molar-refractivity contribution in [3.8, 4) is 0 Å². The van der Waals surface area contributed by atoms with E-state index in [0.29, 0.717) is 19.4 Å². The van der Waals surface area contributed by atoms with Gasteiger partial charge in [0.05, 0.1) is 11.8 Å². The van der Waals surface area contributed by atoms with Crippen LogP contribution >= 0.6 is 0 Å². The summed E-state index contributed by atoms with van der Waals surface area (Å²) in [5.74, 6) is -2.50. The number of rotatable bonds is 4. The van der Waals surface area contributed by atoms with Crippen LogP contribution in [0.15, 0.2) is 36.4 Å². The molecule has 1 aliphatic carbocycles. The first kappa shape index (κ1) is 19.4. The van der Waals surface area contributed by atoms with E-state index in [1.807, 2.05) is 36.4 Å². The highest BCUT2D eigenvalue weighted by Gasteiger charge is 2.50. The molecule has 7 nitrogen and oxygen atoms in total. The highest BCUT2D eigenvalue weighted by Crippen LogP contribution is 2.36. The first-order valence-electron chi connectivity index (χ1n) is 10.1. The van der Waals surface area contributed by atoms with E-state index in [1.165, 1.54) is 6.92 Å². The summed E-state index contributed by atoms with van der Waals surface area (Å²) in [6.07, 6.45) is 6.58. The predicted molar refractivity (Wildman–Crippen MR) is 105 cm³/mol. The van der Waals surface area contributed by atoms with Gasteiger partial charge in [-0.1, -0.05) is 30.4 Å². The molecule has 0 N–H and O–H groups in total. The molecule has 3 amide bonds. The Balaban J connectivity index is 1.38. The van der Waals surface area contributed by atoms with Crippen molar-refractivity contribution < 1.29 is 23.9 Å². The molecular formula is C22H24N2O5. The first-order chi connectivity index (χ1) is 14.0. The fourth-order valence-electron chi connectivity index (χ4n) is 4.44. The van der Waals surface area contributed by atoms with E-state index in [2.05, 4.69) is 0 Å². The van der Waals surface area contributed by atoms with Gasteiger partial charge in [0.2, 0.25) is 11.8 Å². The zero-order valence-corrected chi connectivity index (χ0v) is 16.4. The third kappa shape index (κ3) is 3.45. The first-order valence-corrected chi connectivity index (χ1v) is 10.1. The van der Waals surface area contributed by atoms with E-state index in [1.54, 1.807) is 4.90 Å². The Morgan fingerprint density at radius 3 is 2.45 bits per heavy atom. The Hall–Kier alpha value is -2.96. The van der Waals surface area contributed by atoms with Gasteiger partial charge >= 0.3 is 5.97 Å². The molecule has 2 heterocycles. The van der Waals surface area contributed by atoms with E-state index in [9.17, 15) is 19.2 Å². The van der Waals surface area contributed by atoms with Crippen molar-refractivity contribution in [3.63, 3.8) is 0 Å². The van der Waals surface area contributed by atoms with Crippen LogP contribution in [0.2, 0.25) is 0 Å². The molecule has 7 heteroatoms. The van der Waals surface area contributed by atoms with Crippen LogP contribution in [0.25, 0.3) is 0 Å². The lowest BCUT2D eigenvalue weighted by Crippen LogP contribution is -2.45. The number of anilines is 1. The van der Waals surface area contributed by atoms with Gasteiger partial charge in [-0.05, 0) is 44.2 Å². The number of aryl methyl sites for hydroxylation is 1. The van der Waals surface area contributed by atoms with Crippen LogP contribution < -0.4 is 4.90 Å². The summed E-state index contributed by atoms with van der Waals surface area (Å²) in [5.41, 5.74) is 1.94. The van der Waals surface area contributed by atoms with Crippen molar-refractivity contribution in [2.45, 2.75) is 38.6 Å². The number of likely N-dealkylation sites (tertiary alicyclic amines) is 1. The number of amides is 3. The number of carbonyl (C=O) groups is 4. The molecule has 29 heavy (non-hydrogen) atoms. The Morgan fingerprint density at radius 1 is 1.10 bits per heavy atom. The number of hydrogen-bond acceptors (Lipinski definition) is 5. The molecule has 152 valence electrons. The predicted octanol–water partition coefficient (Wildman–Crippen LogP) is 1.85. The van der Waals surface area contributed by atoms with Crippen LogP contribution in [0.4, 0.5) is 5.69 Å². The summed E-state index contributed by atoms with van der Waals surface area (Å²) in [6.45, 7) is 1.63. The average Bonchev–Trinajstić information content (AvgIpc) is 3.01. The number of nitrogens with zero attached hydrogens (tertiary/aromatic N) is 2. The number of hydrogen-bond donors (Lipinski definition) is 0. The lowest BCUT2D eigenvalue weighted by molar-refractivity contribution is -0.159. The molecule has 1 fully saturated rings. The standard InChI is InChI=1S/C22H24N2O5/c1-14(24-20(26)16-9-3-4-10-17(16)21(24)27)22(28)29-13-19(25)23-12-6-8-15-7-2-5-11-18(15)23/h2-5,7,11,14,16-17H,6,8-10,12-13H2,1H3/t14-,16+,17+/m0/s1. The third-order valence-corrected chi connectivity index (χ3v) is 6.02. The SMILES string of the molecule is C[C@@H](C(=O)OCC(=O)N1CCCc2ccccc21)N1C(=O)[C@@H]2CC=CC[C@H]2C1=O. The van der Waals surface area contributed by atoms with E-state index < -0.39 is 30.5 Å². The molecule has 1 aromatic carbocycles. The van der Waals surface area contributed by atoms with Crippen molar-refractivity contribution in [3.05, 3.63) is 42.0 Å². The molecule has 3 atom stereocenters. The molecule has 1 aromatic rings. The molecule has 2 aliphatic heterocycles. The molecule has 0 spiro atoms. The van der Waals surface area contributed by atoms with Gasteiger partial charge in [-0.25, -0.2) is 4.79 Å². The zero-order chi connectivity index (χ0) is 20.5. The lowest BCUT2D eigenvalue weighted by Gasteiger charge is -2.29. The Labute approximate surface area is 169 Å². The van der Waals surface area contributed by atoms with Gasteiger partial charge in [0.25, 0.3) is 5.91 Å². The second kappa shape index (κ2) is 7.81. The normalized spacial score (nSPS) is 24.2. The van der Waals surface area contributed by atoms with E-state index >= 15 is 0 Å². The van der Waals surface area contributed by atoms with Crippen LogP contribution in [-0.4, -0.2) is 47.8 Å². The largest absolute Gasteiger partial charge is 0.454 e. The smallest absolute Gasteiger partial charge is 0.329 e. The minimum atomic E-state index is -1.04. The number of fused-ring (bicyclic) bond motifs is 2. The topological polar surface area (TPSA) is 84.0 Å². The minimum Gasteiger partial charge on any atom is -0.454 e. The number of ether oxygens (including phenoxy) is 1. The van der Waals surface area contributed by atoms with Gasteiger partial charge in [0.1, 0.15) is 6.04 Å². The van der Waals surface area contributed by atoms with Crippen molar-refractivity contribution in [2.75, 3.05) is 18.1 Å². The van der Waals surface area contributed by atoms with Crippen LogP contribution in [0, 0.1) is 11.8 Å². The molecule has 3 aliphatic rings. The molecule has 1 saturated heterocycles. The quantitative estimate of drug-likeness (QED) is 0.441. The molecule has 4 rings (SSSR count). The lowest BCUT2D eigenvalue weighted by atomic mass is 9.85. The van der Waals surface area contributed by atoms with Crippen LogP contribution in [-0.2, 0) is 30.3 Å². The summed E-state index contributed by atoms with van der Waals surface area (Å²) in [6, 6.07) is 6.64. The molecule has 0 unspecified atom stereocenters. The average molecular weight is 396 g/mol. The van der Waals surface area contributed by atoms with Gasteiger partial charge in [-0.3, -0.25) is 19.3 Å². The van der Waals surface area contributed by atoms with E-state index in [4.69, 9.17) is 4.74 Å². The summed E-state index contributed by atoms with van der Waals surface area (Å²) in [7, 11) is 0. The van der Waals surface area contributed by atoms with Crippen molar-refractivity contribution in [1.82, 2.24) is 4.90 Å². The summed E-state index contributed by atoms with van der Waals surface area (Å²) in [5, 5.41) is 0. The highest BCUT2D eigenvalue weighted by atomic mass is 16.5. The third-order valence-electron chi connectivity index (χ3n) is 6.02. The van der Waals surface area contributed by atoms with Gasteiger partial charge in [-0.15, -0.1) is 0 Å².